The predicted molar refractivity (Wildman–Crippen MR) is 78.5 cm³/mol. The number of nitriles is 1. The van der Waals surface area contributed by atoms with Crippen molar-refractivity contribution < 1.29 is 14.3 Å². The molecule has 0 amide bonds. The van der Waals surface area contributed by atoms with Gasteiger partial charge in [0.2, 0.25) is 0 Å². The summed E-state index contributed by atoms with van der Waals surface area (Å²) < 4.78 is 19.7. The van der Waals surface area contributed by atoms with E-state index in [2.05, 4.69) is 11.1 Å². The van der Waals surface area contributed by atoms with E-state index in [4.69, 9.17) is 10.5 Å². The molecule has 0 radical (unpaired) electrons. The molecule has 3 N–H and O–H groups in total. The number of hydrogen-bond donors (Lipinski definition) is 2. The Kier molecular flexibility index (Phi) is 3.98. The molecule has 1 unspecified atom stereocenters. The van der Waals surface area contributed by atoms with E-state index < -0.39 is 22.9 Å². The summed E-state index contributed by atoms with van der Waals surface area (Å²) in [4.78, 5) is 15.2. The first-order valence-corrected chi connectivity index (χ1v) is 6.79. The Balaban J connectivity index is 2.66. The van der Waals surface area contributed by atoms with Crippen molar-refractivity contribution in [3.63, 3.8) is 0 Å². The van der Waals surface area contributed by atoms with Gasteiger partial charge in [-0.25, -0.2) is 4.39 Å². The van der Waals surface area contributed by atoms with Gasteiger partial charge in [-0.15, -0.1) is 0 Å². The van der Waals surface area contributed by atoms with Crippen LogP contribution in [0.3, 0.4) is 0 Å². The fourth-order valence-electron chi connectivity index (χ4n) is 2.75. The lowest BCUT2D eigenvalue weighted by Crippen LogP contribution is -2.56. The number of ether oxygens (including phenoxy) is 1. The lowest BCUT2D eigenvalue weighted by molar-refractivity contribution is -0.379. The van der Waals surface area contributed by atoms with E-state index in [0.29, 0.717) is 0 Å². The van der Waals surface area contributed by atoms with Crippen molar-refractivity contribution in [1.82, 2.24) is 0 Å². The van der Waals surface area contributed by atoms with Gasteiger partial charge >= 0.3 is 0 Å². The van der Waals surface area contributed by atoms with Gasteiger partial charge in [-0.05, 0) is 19.9 Å². The summed E-state index contributed by atoms with van der Waals surface area (Å²) in [6.45, 7) is 3.35. The van der Waals surface area contributed by atoms with Crippen LogP contribution < -0.4 is 10.9 Å². The minimum Gasteiger partial charge on any atom is -0.386 e. The van der Waals surface area contributed by atoms with Gasteiger partial charge < -0.3 is 10.5 Å². The van der Waals surface area contributed by atoms with E-state index in [-0.39, 0.29) is 23.5 Å². The zero-order chi connectivity index (χ0) is 16.5. The zero-order valence-electron chi connectivity index (χ0n) is 12.7. The molecule has 116 valence electrons. The maximum Gasteiger partial charge on any atom is 0.253 e. The predicted octanol–water partition coefficient (Wildman–Crippen LogP) is 0.825. The second-order valence-electron chi connectivity index (χ2n) is 5.81. The van der Waals surface area contributed by atoms with Crippen molar-refractivity contribution in [2.75, 3.05) is 7.11 Å². The van der Waals surface area contributed by atoms with E-state index in [1.165, 1.54) is 25.3 Å². The zero-order valence-corrected chi connectivity index (χ0v) is 12.7. The van der Waals surface area contributed by atoms with Crippen molar-refractivity contribution in [2.24, 2.45) is 16.1 Å². The smallest absolute Gasteiger partial charge is 0.253 e. The first-order chi connectivity index (χ1) is 10.3. The first-order valence-electron chi connectivity index (χ1n) is 6.79. The Morgan fingerprint density at radius 2 is 2.23 bits per heavy atom. The van der Waals surface area contributed by atoms with E-state index in [1.807, 2.05) is 0 Å². The molecule has 0 aromatic heterocycles. The van der Waals surface area contributed by atoms with Crippen molar-refractivity contribution in [2.45, 2.75) is 31.9 Å². The molecule has 1 aliphatic rings. The van der Waals surface area contributed by atoms with Crippen molar-refractivity contribution in [3.8, 4) is 6.07 Å². The van der Waals surface area contributed by atoms with Crippen molar-refractivity contribution in [1.29, 1.82) is 5.26 Å². The second kappa shape index (κ2) is 5.46. The molecule has 6 nitrogen and oxygen atoms in total. The largest absolute Gasteiger partial charge is 0.386 e. The van der Waals surface area contributed by atoms with Gasteiger partial charge in [0.05, 0.1) is 12.2 Å². The fourth-order valence-corrected chi connectivity index (χ4v) is 2.75. The van der Waals surface area contributed by atoms with Crippen LogP contribution >= 0.6 is 0 Å². The monoisotopic (exact) mass is 305 g/mol. The highest BCUT2D eigenvalue weighted by Crippen LogP contribution is 2.43. The molecule has 0 spiro atoms. The molecule has 0 aliphatic carbocycles. The summed E-state index contributed by atoms with van der Waals surface area (Å²) in [7, 11) is 1.48. The summed E-state index contributed by atoms with van der Waals surface area (Å²) >= 11 is 0. The Morgan fingerprint density at radius 3 is 2.77 bits per heavy atom. The highest BCUT2D eigenvalue weighted by Gasteiger charge is 2.49. The highest BCUT2D eigenvalue weighted by molar-refractivity contribution is 5.90. The van der Waals surface area contributed by atoms with E-state index in [0.717, 1.165) is 0 Å². The molecule has 1 aliphatic heterocycles. The topological polar surface area (TPSA) is 102 Å². The van der Waals surface area contributed by atoms with Gasteiger partial charge in [0.25, 0.3) is 5.69 Å². The lowest BCUT2D eigenvalue weighted by atomic mass is 9.73. The normalized spacial score (nSPS) is 31.2. The number of aliphatic imine (C=N–C) groups is 1. The van der Waals surface area contributed by atoms with E-state index >= 15 is 0 Å². The third-order valence-corrected chi connectivity index (χ3v) is 4.30. The van der Waals surface area contributed by atoms with Crippen LogP contribution in [-0.4, -0.2) is 19.0 Å². The average Bonchev–Trinajstić information content (AvgIpc) is 2.51. The lowest BCUT2D eigenvalue weighted by Gasteiger charge is -2.42. The maximum atomic E-state index is 14.3. The summed E-state index contributed by atoms with van der Waals surface area (Å²) in [5.41, 5.74) is 4.28. The van der Waals surface area contributed by atoms with Gasteiger partial charge in [-0.2, -0.15) is 5.26 Å². The number of nitrogens with one attached hydrogen (secondary N) is 1. The van der Waals surface area contributed by atoms with Crippen LogP contribution in [0.25, 0.3) is 0 Å². The Labute approximate surface area is 127 Å². The van der Waals surface area contributed by atoms with Crippen LogP contribution in [0, 0.1) is 27.5 Å². The summed E-state index contributed by atoms with van der Waals surface area (Å²) in [6, 6.07) is 6.05. The molecule has 1 aromatic rings. The molecule has 0 fully saturated rings. The minimum atomic E-state index is -1.12. The third kappa shape index (κ3) is 2.35. The van der Waals surface area contributed by atoms with Crippen LogP contribution in [0.15, 0.2) is 23.2 Å². The summed E-state index contributed by atoms with van der Waals surface area (Å²) in [5, 5.41) is 11.1. The van der Waals surface area contributed by atoms with Crippen LogP contribution in [0.2, 0.25) is 0 Å². The Morgan fingerprint density at radius 1 is 1.55 bits per heavy atom. The molecule has 0 bridgehead atoms. The number of nitrogens with two attached hydrogens (primary N) is 1. The first kappa shape index (κ1) is 16.0. The van der Waals surface area contributed by atoms with Crippen LogP contribution in [-0.2, 0) is 10.3 Å². The third-order valence-electron chi connectivity index (χ3n) is 4.30. The number of benzene rings is 1. The molecule has 0 saturated heterocycles. The number of hydrogen-bond acceptors (Lipinski definition) is 5. The quantitative estimate of drug-likeness (QED) is 0.863. The number of nitrogens with zero attached hydrogens (tertiary/aromatic N) is 2. The van der Waals surface area contributed by atoms with Gasteiger partial charge in [-0.3, -0.25) is 4.99 Å². The summed E-state index contributed by atoms with van der Waals surface area (Å²) in [5.74, 6) is -0.383. The molecule has 2 rings (SSSR count). The van der Waals surface area contributed by atoms with E-state index in [1.54, 1.807) is 19.0 Å². The number of nitroso groups, excluding NO2 is 1. The molecule has 0 saturated carbocycles. The molecule has 1 aromatic carbocycles. The SMILES string of the molecule is CO[C@H]1CC(C)(C#N)C(N)=N[C@]1(C)c1cc([NH+]=O)ccc1F. The molecule has 1 heterocycles. The molecular formula is C15H18FN4O2+. The van der Waals surface area contributed by atoms with Gasteiger partial charge in [-0.1, -0.05) is 0 Å². The fraction of sp³-hybridized carbons (Fsp3) is 0.467. The Hall–Kier alpha value is -2.33. The number of rotatable bonds is 3. The second-order valence-corrected chi connectivity index (χ2v) is 5.81. The average molecular weight is 305 g/mol. The minimum absolute atomic E-state index is 0.130. The Bertz CT molecular complexity index is 685. The van der Waals surface area contributed by atoms with Crippen molar-refractivity contribution >= 4 is 11.5 Å². The standard InChI is InChI=1S/C15H17FN4O2/c1-14(8-17)7-12(22-3)15(2,19-13(14)18)10-6-9(20-21)4-5-11(10)16/h4-6,12H,7H2,1-3H3,(H2,18,19)/p+1/t12-,14?,15+/m0/s1. The number of halogens is 1. The summed E-state index contributed by atoms with van der Waals surface area (Å²) in [6.07, 6.45) is -0.277. The highest BCUT2D eigenvalue weighted by atomic mass is 19.1. The van der Waals surface area contributed by atoms with Crippen LogP contribution in [0.1, 0.15) is 25.8 Å². The van der Waals surface area contributed by atoms with Gasteiger partial charge in [0.15, 0.2) is 0 Å². The maximum absolute atomic E-state index is 14.3. The van der Waals surface area contributed by atoms with Crippen LogP contribution in [0.4, 0.5) is 10.1 Å². The number of methoxy groups -OCH3 is 1. The molecule has 22 heavy (non-hydrogen) atoms. The van der Waals surface area contributed by atoms with Gasteiger partial charge in [0, 0.05) is 41.3 Å². The van der Waals surface area contributed by atoms with Crippen molar-refractivity contribution in [3.05, 3.63) is 34.5 Å². The van der Waals surface area contributed by atoms with E-state index in [9.17, 15) is 14.6 Å². The molecule has 3 atom stereocenters. The molecular weight excluding hydrogens is 287 g/mol. The number of amidine groups is 1. The van der Waals surface area contributed by atoms with Crippen LogP contribution in [0.5, 0.6) is 0 Å². The van der Waals surface area contributed by atoms with Gasteiger partial charge in [0.1, 0.15) is 22.6 Å². The molecule has 7 heteroatoms.